The molecular formula is C50H32N2S. The molecule has 2 aromatic heterocycles. The number of anilines is 3. The van der Waals surface area contributed by atoms with Crippen LogP contribution in [0.2, 0.25) is 0 Å². The van der Waals surface area contributed by atoms with Gasteiger partial charge in [0.05, 0.1) is 21.4 Å². The van der Waals surface area contributed by atoms with E-state index in [-0.39, 0.29) is 0 Å². The molecule has 0 amide bonds. The van der Waals surface area contributed by atoms with Crippen LogP contribution in [0.5, 0.6) is 0 Å². The summed E-state index contributed by atoms with van der Waals surface area (Å²) in [4.78, 5) is 2.49. The molecule has 0 aliphatic carbocycles. The van der Waals surface area contributed by atoms with Crippen LogP contribution in [0.1, 0.15) is 0 Å². The highest BCUT2D eigenvalue weighted by Gasteiger charge is 2.22. The second kappa shape index (κ2) is 11.9. The molecule has 0 N–H and O–H groups in total. The second-order valence-electron chi connectivity index (χ2n) is 13.7. The van der Waals surface area contributed by atoms with Crippen LogP contribution in [0.15, 0.2) is 194 Å². The van der Waals surface area contributed by atoms with E-state index in [4.69, 9.17) is 0 Å². The molecule has 0 saturated heterocycles. The summed E-state index contributed by atoms with van der Waals surface area (Å²) in [7, 11) is 0. The number of rotatable bonds is 5. The van der Waals surface area contributed by atoms with Crippen LogP contribution in [-0.4, -0.2) is 4.57 Å². The third-order valence-corrected chi connectivity index (χ3v) is 11.9. The summed E-state index contributed by atoms with van der Waals surface area (Å²) in [6, 6.07) is 71.0. The highest BCUT2D eigenvalue weighted by molar-refractivity contribution is 7.26. The van der Waals surface area contributed by atoms with E-state index in [2.05, 4.69) is 204 Å². The Morgan fingerprint density at radius 1 is 0.415 bits per heavy atom. The van der Waals surface area contributed by atoms with Gasteiger partial charge in [0.1, 0.15) is 0 Å². The van der Waals surface area contributed by atoms with Crippen LogP contribution >= 0.6 is 11.3 Å². The number of nitrogens with zero attached hydrogens (tertiary/aromatic N) is 2. The molecule has 0 unspecified atom stereocenters. The van der Waals surface area contributed by atoms with Crippen molar-refractivity contribution in [3.05, 3.63) is 194 Å². The number of hydrogen-bond acceptors (Lipinski definition) is 2. The maximum atomic E-state index is 2.49. The predicted molar refractivity (Wildman–Crippen MR) is 229 cm³/mol. The molecule has 11 rings (SSSR count). The van der Waals surface area contributed by atoms with Crippen molar-refractivity contribution >= 4 is 91.9 Å². The van der Waals surface area contributed by atoms with E-state index in [0.717, 1.165) is 17.1 Å². The minimum Gasteiger partial charge on any atom is -0.309 e. The van der Waals surface area contributed by atoms with Gasteiger partial charge in [-0.3, -0.25) is 0 Å². The van der Waals surface area contributed by atoms with Crippen molar-refractivity contribution < 1.29 is 0 Å². The Bertz CT molecular complexity index is 3170. The molecule has 0 atom stereocenters. The van der Waals surface area contributed by atoms with E-state index in [1.54, 1.807) is 0 Å². The van der Waals surface area contributed by atoms with Gasteiger partial charge < -0.3 is 9.47 Å². The molecule has 3 heteroatoms. The highest BCUT2D eigenvalue weighted by Crippen LogP contribution is 2.48. The summed E-state index contributed by atoms with van der Waals surface area (Å²) in [5.74, 6) is 0. The Morgan fingerprint density at radius 3 is 1.94 bits per heavy atom. The van der Waals surface area contributed by atoms with Gasteiger partial charge in [-0.15, -0.1) is 11.3 Å². The largest absolute Gasteiger partial charge is 0.309 e. The lowest BCUT2D eigenvalue weighted by Gasteiger charge is -2.27. The van der Waals surface area contributed by atoms with Crippen molar-refractivity contribution in [3.63, 3.8) is 0 Å². The van der Waals surface area contributed by atoms with Gasteiger partial charge >= 0.3 is 0 Å². The molecule has 0 saturated carbocycles. The zero-order chi connectivity index (χ0) is 34.9. The average molecular weight is 693 g/mol. The van der Waals surface area contributed by atoms with Gasteiger partial charge in [0, 0.05) is 43.3 Å². The molecule has 0 aliphatic rings. The number of hydrogen-bond donors (Lipinski definition) is 0. The van der Waals surface area contributed by atoms with E-state index in [0.29, 0.717) is 0 Å². The van der Waals surface area contributed by atoms with Crippen LogP contribution in [0.4, 0.5) is 17.1 Å². The third kappa shape index (κ3) is 4.71. The average Bonchev–Trinajstić information content (AvgIpc) is 3.78. The lowest BCUT2D eigenvalue weighted by atomic mass is 9.96. The second-order valence-corrected chi connectivity index (χ2v) is 14.8. The lowest BCUT2D eigenvalue weighted by molar-refractivity contribution is 1.18. The zero-order valence-corrected chi connectivity index (χ0v) is 29.6. The van der Waals surface area contributed by atoms with Crippen molar-refractivity contribution in [3.8, 4) is 16.8 Å². The topological polar surface area (TPSA) is 8.17 Å². The molecule has 9 aromatic carbocycles. The molecule has 2 nitrogen and oxygen atoms in total. The first-order valence-electron chi connectivity index (χ1n) is 18.1. The first-order valence-corrected chi connectivity index (χ1v) is 18.9. The summed E-state index contributed by atoms with van der Waals surface area (Å²) < 4.78 is 4.99. The third-order valence-electron chi connectivity index (χ3n) is 10.7. The van der Waals surface area contributed by atoms with E-state index in [9.17, 15) is 0 Å². The fourth-order valence-corrected chi connectivity index (χ4v) is 9.61. The molecule has 53 heavy (non-hydrogen) atoms. The smallest absolute Gasteiger partial charge is 0.0640 e. The zero-order valence-electron chi connectivity index (χ0n) is 28.8. The van der Waals surface area contributed by atoms with E-state index >= 15 is 0 Å². The Hall–Kier alpha value is -6.68. The maximum Gasteiger partial charge on any atom is 0.0640 e. The summed E-state index contributed by atoms with van der Waals surface area (Å²) in [5, 5.41) is 10.1. The summed E-state index contributed by atoms with van der Waals surface area (Å²) in [6.45, 7) is 0. The van der Waals surface area contributed by atoms with Crippen molar-refractivity contribution in [2.75, 3.05) is 4.90 Å². The standard InChI is InChI=1S/C50H32N2S/c1-3-14-33(15-4-1)44-31-38(30-35-17-8-9-20-39(35)44)51(46-25-13-23-43-49-40-21-10-7-16-34(40)26-29-48(49)53-50(43)46)37-27-28-42-41-22-11-12-24-45(41)52(47(42)32-37)36-18-5-2-6-19-36/h1-32H. The number of benzene rings is 9. The number of fused-ring (bicyclic) bond motifs is 9. The van der Waals surface area contributed by atoms with E-state index in [1.807, 2.05) is 11.3 Å². The minimum atomic E-state index is 1.11. The van der Waals surface area contributed by atoms with Gasteiger partial charge in [-0.1, -0.05) is 140 Å². The number of thiophene rings is 1. The summed E-state index contributed by atoms with van der Waals surface area (Å²) in [5.41, 5.74) is 9.36. The van der Waals surface area contributed by atoms with Crippen molar-refractivity contribution in [2.24, 2.45) is 0 Å². The van der Waals surface area contributed by atoms with Gasteiger partial charge in [-0.25, -0.2) is 0 Å². The molecule has 11 aromatic rings. The molecule has 0 fully saturated rings. The summed E-state index contributed by atoms with van der Waals surface area (Å²) in [6.07, 6.45) is 0. The molecule has 0 bridgehead atoms. The lowest BCUT2D eigenvalue weighted by Crippen LogP contribution is -2.10. The van der Waals surface area contributed by atoms with Crippen LogP contribution in [0, 0.1) is 0 Å². The van der Waals surface area contributed by atoms with Gasteiger partial charge in [-0.2, -0.15) is 0 Å². The Morgan fingerprint density at radius 2 is 1.09 bits per heavy atom. The van der Waals surface area contributed by atoms with E-state index < -0.39 is 0 Å². The number of aromatic nitrogens is 1. The molecule has 0 spiro atoms. The summed E-state index contributed by atoms with van der Waals surface area (Å²) >= 11 is 1.89. The fraction of sp³-hybridized carbons (Fsp3) is 0. The maximum absolute atomic E-state index is 2.49. The predicted octanol–water partition coefficient (Wildman–Crippen LogP) is 14.6. The van der Waals surface area contributed by atoms with Crippen molar-refractivity contribution in [2.45, 2.75) is 0 Å². The van der Waals surface area contributed by atoms with Gasteiger partial charge in [0.2, 0.25) is 0 Å². The van der Waals surface area contributed by atoms with Crippen LogP contribution < -0.4 is 4.90 Å². The molecule has 0 radical (unpaired) electrons. The SMILES string of the molecule is c1ccc(-c2cc(N(c3ccc4c5ccccc5n(-c5ccccc5)c4c3)c3cccc4c3sc3ccc5ccccc5c34)cc3ccccc23)cc1. The first kappa shape index (κ1) is 30.0. The van der Waals surface area contributed by atoms with Crippen LogP contribution in [0.3, 0.4) is 0 Å². The normalized spacial score (nSPS) is 11.8. The molecular weight excluding hydrogens is 661 g/mol. The molecule has 248 valence electrons. The number of para-hydroxylation sites is 2. The van der Waals surface area contributed by atoms with Gasteiger partial charge in [0.25, 0.3) is 0 Å². The van der Waals surface area contributed by atoms with E-state index in [1.165, 1.54) is 80.3 Å². The molecule has 0 aliphatic heterocycles. The minimum absolute atomic E-state index is 1.11. The monoisotopic (exact) mass is 692 g/mol. The van der Waals surface area contributed by atoms with Crippen LogP contribution in [-0.2, 0) is 0 Å². The Balaban J connectivity index is 1.24. The first-order chi connectivity index (χ1) is 26.3. The Kier molecular flexibility index (Phi) is 6.76. The molecule has 2 heterocycles. The quantitative estimate of drug-likeness (QED) is 0.174. The van der Waals surface area contributed by atoms with Crippen LogP contribution in [0.25, 0.3) is 80.3 Å². The van der Waals surface area contributed by atoms with Gasteiger partial charge in [-0.05, 0) is 87.3 Å². The van der Waals surface area contributed by atoms with Crippen molar-refractivity contribution in [1.29, 1.82) is 0 Å². The van der Waals surface area contributed by atoms with Crippen molar-refractivity contribution in [1.82, 2.24) is 4.57 Å². The van der Waals surface area contributed by atoms with Gasteiger partial charge in [0.15, 0.2) is 0 Å². The Labute approximate surface area is 311 Å². The fourth-order valence-electron chi connectivity index (χ4n) is 8.39. The highest BCUT2D eigenvalue weighted by atomic mass is 32.1.